The minimum atomic E-state index is -0.0519. The third-order valence-corrected chi connectivity index (χ3v) is 4.13. The van der Waals surface area contributed by atoms with Gasteiger partial charge >= 0.3 is 0 Å². The number of nitrogens with one attached hydrogen (secondary N) is 1. The SMILES string of the molecule is CC(C)CC1(C(=O)NCCC(C)Br)CCCC1. The molecule has 100 valence electrons. The molecule has 17 heavy (non-hydrogen) atoms. The van der Waals surface area contributed by atoms with E-state index in [0.29, 0.717) is 16.7 Å². The molecule has 1 saturated carbocycles. The molecule has 0 saturated heterocycles. The largest absolute Gasteiger partial charge is 0.356 e. The maximum Gasteiger partial charge on any atom is 0.226 e. The van der Waals surface area contributed by atoms with Crippen molar-refractivity contribution in [1.82, 2.24) is 5.32 Å². The van der Waals surface area contributed by atoms with Crippen molar-refractivity contribution in [2.75, 3.05) is 6.54 Å². The van der Waals surface area contributed by atoms with Gasteiger partial charge in [-0.1, -0.05) is 49.5 Å². The van der Waals surface area contributed by atoms with E-state index in [2.05, 4.69) is 42.0 Å². The van der Waals surface area contributed by atoms with Crippen LogP contribution in [0.2, 0.25) is 0 Å². The van der Waals surface area contributed by atoms with Gasteiger partial charge in [-0.3, -0.25) is 4.79 Å². The summed E-state index contributed by atoms with van der Waals surface area (Å²) in [6.45, 7) is 7.35. The number of carbonyl (C=O) groups is 1. The maximum absolute atomic E-state index is 12.4. The predicted octanol–water partition coefficient (Wildman–Crippen LogP) is 3.88. The quantitative estimate of drug-likeness (QED) is 0.741. The first-order valence-electron chi connectivity index (χ1n) is 6.89. The average Bonchev–Trinajstić information content (AvgIpc) is 2.65. The van der Waals surface area contributed by atoms with Crippen molar-refractivity contribution in [3.05, 3.63) is 0 Å². The highest BCUT2D eigenvalue weighted by atomic mass is 79.9. The highest BCUT2D eigenvalue weighted by molar-refractivity contribution is 9.09. The molecule has 1 aliphatic rings. The summed E-state index contributed by atoms with van der Waals surface area (Å²) in [4.78, 5) is 12.8. The van der Waals surface area contributed by atoms with E-state index in [1.54, 1.807) is 0 Å². The lowest BCUT2D eigenvalue weighted by atomic mass is 9.77. The standard InChI is InChI=1S/C14H26BrNO/c1-11(2)10-14(7-4-5-8-14)13(17)16-9-6-12(3)15/h11-12H,4-10H2,1-3H3,(H,16,17). The second-order valence-electron chi connectivity index (χ2n) is 5.91. The zero-order chi connectivity index (χ0) is 12.9. The predicted molar refractivity (Wildman–Crippen MR) is 76.4 cm³/mol. The van der Waals surface area contributed by atoms with Crippen molar-refractivity contribution in [3.8, 4) is 0 Å². The van der Waals surface area contributed by atoms with E-state index in [-0.39, 0.29) is 5.41 Å². The monoisotopic (exact) mass is 303 g/mol. The first kappa shape index (κ1) is 15.0. The molecule has 0 aromatic rings. The number of alkyl halides is 1. The number of carbonyl (C=O) groups excluding carboxylic acids is 1. The summed E-state index contributed by atoms with van der Waals surface area (Å²) >= 11 is 3.51. The molecular weight excluding hydrogens is 278 g/mol. The van der Waals surface area contributed by atoms with E-state index in [1.165, 1.54) is 12.8 Å². The van der Waals surface area contributed by atoms with Gasteiger partial charge in [0, 0.05) is 16.8 Å². The first-order valence-corrected chi connectivity index (χ1v) is 7.80. The Kier molecular flexibility index (Phi) is 5.98. The lowest BCUT2D eigenvalue weighted by Crippen LogP contribution is -2.40. The van der Waals surface area contributed by atoms with Crippen LogP contribution in [0.1, 0.15) is 59.3 Å². The average molecular weight is 304 g/mol. The zero-order valence-corrected chi connectivity index (χ0v) is 13.0. The van der Waals surface area contributed by atoms with Gasteiger partial charge in [0.05, 0.1) is 0 Å². The summed E-state index contributed by atoms with van der Waals surface area (Å²) in [5.74, 6) is 0.908. The van der Waals surface area contributed by atoms with Gasteiger partial charge in [-0.05, 0) is 31.6 Å². The molecule has 1 atom stereocenters. The Balaban J connectivity index is 2.49. The van der Waals surface area contributed by atoms with Crippen LogP contribution in [0.25, 0.3) is 0 Å². The minimum Gasteiger partial charge on any atom is -0.356 e. The Morgan fingerprint density at radius 2 is 1.88 bits per heavy atom. The van der Waals surface area contributed by atoms with Crippen molar-refractivity contribution in [2.24, 2.45) is 11.3 Å². The molecule has 0 aromatic carbocycles. The number of hydrogen-bond acceptors (Lipinski definition) is 1. The summed E-state index contributed by atoms with van der Waals surface area (Å²) in [5, 5.41) is 3.13. The van der Waals surface area contributed by atoms with E-state index in [0.717, 1.165) is 32.2 Å². The molecule has 0 radical (unpaired) electrons. The van der Waals surface area contributed by atoms with E-state index in [9.17, 15) is 4.79 Å². The van der Waals surface area contributed by atoms with Gasteiger partial charge in [0.1, 0.15) is 0 Å². The first-order chi connectivity index (χ1) is 7.96. The number of halogens is 1. The minimum absolute atomic E-state index is 0.0519. The number of rotatable bonds is 6. The summed E-state index contributed by atoms with van der Waals surface area (Å²) in [7, 11) is 0. The van der Waals surface area contributed by atoms with E-state index in [4.69, 9.17) is 0 Å². The molecule has 2 nitrogen and oxygen atoms in total. The molecule has 1 fully saturated rings. The molecule has 1 amide bonds. The molecule has 3 heteroatoms. The van der Waals surface area contributed by atoms with Crippen LogP contribution in [0.4, 0.5) is 0 Å². The van der Waals surface area contributed by atoms with Gasteiger partial charge < -0.3 is 5.32 Å². The molecule has 1 rings (SSSR count). The van der Waals surface area contributed by atoms with Crippen LogP contribution in [-0.2, 0) is 4.79 Å². The van der Waals surface area contributed by atoms with Crippen LogP contribution in [-0.4, -0.2) is 17.3 Å². The molecule has 1 aliphatic carbocycles. The van der Waals surface area contributed by atoms with Gasteiger partial charge in [0.2, 0.25) is 5.91 Å². The molecule has 0 aromatic heterocycles. The topological polar surface area (TPSA) is 29.1 Å². The van der Waals surface area contributed by atoms with Gasteiger partial charge in [-0.15, -0.1) is 0 Å². The van der Waals surface area contributed by atoms with Crippen molar-refractivity contribution >= 4 is 21.8 Å². The van der Waals surface area contributed by atoms with Crippen molar-refractivity contribution in [1.29, 1.82) is 0 Å². The molecule has 1 unspecified atom stereocenters. The Morgan fingerprint density at radius 3 is 2.35 bits per heavy atom. The van der Waals surface area contributed by atoms with Crippen molar-refractivity contribution in [2.45, 2.75) is 64.1 Å². The molecule has 0 spiro atoms. The molecule has 0 aliphatic heterocycles. The fraction of sp³-hybridized carbons (Fsp3) is 0.929. The highest BCUT2D eigenvalue weighted by Crippen LogP contribution is 2.43. The molecule has 1 N–H and O–H groups in total. The number of hydrogen-bond donors (Lipinski definition) is 1. The van der Waals surface area contributed by atoms with Crippen LogP contribution >= 0.6 is 15.9 Å². The van der Waals surface area contributed by atoms with Gasteiger partial charge in [-0.2, -0.15) is 0 Å². The van der Waals surface area contributed by atoms with Crippen LogP contribution in [0.3, 0.4) is 0 Å². The Morgan fingerprint density at radius 1 is 1.29 bits per heavy atom. The van der Waals surface area contributed by atoms with Crippen molar-refractivity contribution < 1.29 is 4.79 Å². The lowest BCUT2D eigenvalue weighted by Gasteiger charge is -2.29. The third-order valence-electron chi connectivity index (χ3n) is 3.67. The van der Waals surface area contributed by atoms with Gasteiger partial charge in [0.15, 0.2) is 0 Å². The molecular formula is C14H26BrNO. The van der Waals surface area contributed by atoms with Gasteiger partial charge in [0.25, 0.3) is 0 Å². The second kappa shape index (κ2) is 6.77. The van der Waals surface area contributed by atoms with E-state index >= 15 is 0 Å². The fourth-order valence-corrected chi connectivity index (χ4v) is 3.16. The summed E-state index contributed by atoms with van der Waals surface area (Å²) in [5.41, 5.74) is -0.0519. The van der Waals surface area contributed by atoms with Crippen LogP contribution in [0.15, 0.2) is 0 Å². The molecule has 0 heterocycles. The lowest BCUT2D eigenvalue weighted by molar-refractivity contribution is -0.131. The maximum atomic E-state index is 12.4. The van der Waals surface area contributed by atoms with Crippen LogP contribution in [0, 0.1) is 11.3 Å². The number of amides is 1. The normalized spacial score (nSPS) is 20.5. The highest BCUT2D eigenvalue weighted by Gasteiger charge is 2.40. The smallest absolute Gasteiger partial charge is 0.226 e. The Bertz CT molecular complexity index is 245. The summed E-state index contributed by atoms with van der Waals surface area (Å²) in [6, 6.07) is 0. The van der Waals surface area contributed by atoms with E-state index in [1.807, 2.05) is 0 Å². The fourth-order valence-electron chi connectivity index (χ4n) is 2.93. The van der Waals surface area contributed by atoms with Crippen LogP contribution in [0.5, 0.6) is 0 Å². The Labute approximate surface area is 114 Å². The molecule has 0 bridgehead atoms. The third kappa shape index (κ3) is 4.61. The van der Waals surface area contributed by atoms with Gasteiger partial charge in [-0.25, -0.2) is 0 Å². The van der Waals surface area contributed by atoms with Crippen molar-refractivity contribution in [3.63, 3.8) is 0 Å². The summed E-state index contributed by atoms with van der Waals surface area (Å²) < 4.78 is 0. The van der Waals surface area contributed by atoms with E-state index < -0.39 is 0 Å². The Hall–Kier alpha value is -0.0500. The second-order valence-corrected chi connectivity index (χ2v) is 7.47. The van der Waals surface area contributed by atoms with Crippen LogP contribution < -0.4 is 5.32 Å². The zero-order valence-electron chi connectivity index (χ0n) is 11.4. The summed E-state index contributed by atoms with van der Waals surface area (Å²) in [6.07, 6.45) is 6.65.